The van der Waals surface area contributed by atoms with E-state index in [1.165, 1.54) is 19.3 Å². The molecule has 10 heteroatoms. The summed E-state index contributed by atoms with van der Waals surface area (Å²) >= 11 is 0. The summed E-state index contributed by atoms with van der Waals surface area (Å²) in [5.41, 5.74) is 2.54. The summed E-state index contributed by atoms with van der Waals surface area (Å²) in [6.45, 7) is 2.76. The number of rotatable bonds is 14. The van der Waals surface area contributed by atoms with Crippen LogP contribution in [0, 0.1) is 0 Å². The highest BCUT2D eigenvalue weighted by atomic mass is 16.5. The summed E-state index contributed by atoms with van der Waals surface area (Å²) in [5.74, 6) is 1.31. The molecule has 2 amide bonds. The van der Waals surface area contributed by atoms with Gasteiger partial charge in [0.1, 0.15) is 11.5 Å². The highest BCUT2D eigenvalue weighted by Crippen LogP contribution is 2.34. The lowest BCUT2D eigenvalue weighted by Crippen LogP contribution is -2.40. The topological polar surface area (TPSA) is 102 Å². The maximum atomic E-state index is 13.2. The molecule has 45 heavy (non-hydrogen) atoms. The molecule has 2 unspecified atom stereocenters. The molecule has 0 aromatic heterocycles. The number of methoxy groups -OCH3 is 2. The third kappa shape index (κ3) is 6.92. The van der Waals surface area contributed by atoms with Crippen LogP contribution in [-0.4, -0.2) is 98.9 Å². The van der Waals surface area contributed by atoms with Crippen LogP contribution in [0.5, 0.6) is 11.5 Å². The molecule has 0 radical (unpaired) electrons. The van der Waals surface area contributed by atoms with Crippen molar-refractivity contribution in [2.45, 2.75) is 82.1 Å². The van der Waals surface area contributed by atoms with Gasteiger partial charge in [0.2, 0.25) is 0 Å². The molecule has 4 atom stereocenters. The number of amides is 2. The molecule has 0 spiro atoms. The Labute approximate surface area is 265 Å². The van der Waals surface area contributed by atoms with Crippen LogP contribution in [0.1, 0.15) is 78.5 Å². The fraction of sp³-hybridized carbons (Fsp3) is 0.543. The van der Waals surface area contributed by atoms with Gasteiger partial charge in [-0.2, -0.15) is 0 Å². The number of unbranched alkanes of at least 4 members (excludes halogenated alkanes) is 6. The average molecular weight is 617 g/mol. The molecule has 240 valence electrons. The van der Waals surface area contributed by atoms with Gasteiger partial charge < -0.3 is 28.7 Å². The first kappa shape index (κ1) is 31.2. The molecule has 2 saturated heterocycles. The molecule has 2 aromatic rings. The minimum absolute atomic E-state index is 0.00569. The first-order valence-corrected chi connectivity index (χ1v) is 16.4. The number of hydrogen-bond donors (Lipinski definition) is 0. The van der Waals surface area contributed by atoms with Crippen LogP contribution in [-0.2, 0) is 9.47 Å². The summed E-state index contributed by atoms with van der Waals surface area (Å²) in [6, 6.07) is 10.6. The van der Waals surface area contributed by atoms with E-state index in [9.17, 15) is 9.59 Å². The number of hydrogen-bond acceptors (Lipinski definition) is 8. The molecule has 0 N–H and O–H groups in total. The maximum absolute atomic E-state index is 13.2. The Hall–Kier alpha value is -3.76. The Morgan fingerprint density at radius 3 is 1.49 bits per heavy atom. The van der Waals surface area contributed by atoms with Crippen molar-refractivity contribution in [3.63, 3.8) is 0 Å². The monoisotopic (exact) mass is 616 g/mol. The van der Waals surface area contributed by atoms with Gasteiger partial charge in [-0.15, -0.1) is 0 Å². The molecule has 6 rings (SSSR count). The van der Waals surface area contributed by atoms with Gasteiger partial charge in [-0.05, 0) is 62.1 Å². The first-order chi connectivity index (χ1) is 22.1. The summed E-state index contributed by atoms with van der Waals surface area (Å²) in [4.78, 5) is 39.3. The van der Waals surface area contributed by atoms with E-state index < -0.39 is 0 Å². The second-order valence-corrected chi connectivity index (χ2v) is 12.2. The molecule has 4 aliphatic rings. The Bertz CT molecular complexity index is 1320. The standard InChI is InChI=1S/C35H44N4O6/c1-42-24-10-12-28-26(20-24)34(40)38-16-14-32(30(38)22-36-28)44-18-8-6-4-3-5-7-9-19-45-33-15-17-39-31(33)23-37-29-13-11-25(43-2)21-27(29)35(39)41/h10-13,20-23,30-33H,3-9,14-19H2,1-2H3/t30-,31-,32?,33?/m1/s1. The molecule has 0 saturated carbocycles. The van der Waals surface area contributed by atoms with Gasteiger partial charge in [-0.3, -0.25) is 19.6 Å². The van der Waals surface area contributed by atoms with Crippen molar-refractivity contribution < 1.29 is 28.5 Å². The van der Waals surface area contributed by atoms with Crippen LogP contribution in [0.15, 0.2) is 46.4 Å². The van der Waals surface area contributed by atoms with Gasteiger partial charge in [-0.1, -0.05) is 32.1 Å². The van der Waals surface area contributed by atoms with Crippen molar-refractivity contribution in [3.05, 3.63) is 47.5 Å². The molecule has 4 aliphatic heterocycles. The number of aliphatic imine (C=N–C) groups is 2. The van der Waals surface area contributed by atoms with Crippen molar-refractivity contribution in [1.29, 1.82) is 0 Å². The minimum atomic E-state index is -0.124. The second kappa shape index (κ2) is 14.6. The van der Waals surface area contributed by atoms with Gasteiger partial charge >= 0.3 is 0 Å². The number of benzene rings is 2. The average Bonchev–Trinajstić information content (AvgIpc) is 3.60. The minimum Gasteiger partial charge on any atom is -0.497 e. The predicted octanol–water partition coefficient (Wildman–Crippen LogP) is 5.77. The molecule has 2 fully saturated rings. The lowest BCUT2D eigenvalue weighted by atomic mass is 10.1. The van der Waals surface area contributed by atoms with Gasteiger partial charge in [0, 0.05) is 38.7 Å². The summed E-state index contributed by atoms with van der Waals surface area (Å²) in [6.07, 6.45) is 13.3. The maximum Gasteiger partial charge on any atom is 0.256 e. The summed E-state index contributed by atoms with van der Waals surface area (Å²) in [5, 5.41) is 0. The van der Waals surface area contributed by atoms with Gasteiger partial charge in [-0.25, -0.2) is 0 Å². The van der Waals surface area contributed by atoms with Crippen LogP contribution in [0.3, 0.4) is 0 Å². The van der Waals surface area contributed by atoms with Gasteiger partial charge in [0.15, 0.2) is 0 Å². The van der Waals surface area contributed by atoms with E-state index in [0.717, 1.165) is 38.5 Å². The zero-order valence-corrected chi connectivity index (χ0v) is 26.4. The zero-order valence-electron chi connectivity index (χ0n) is 26.4. The van der Waals surface area contributed by atoms with E-state index in [-0.39, 0.29) is 36.1 Å². The van der Waals surface area contributed by atoms with E-state index in [0.29, 0.717) is 60.3 Å². The Balaban J connectivity index is 0.832. The predicted molar refractivity (Wildman–Crippen MR) is 173 cm³/mol. The fourth-order valence-electron chi connectivity index (χ4n) is 6.80. The normalized spacial score (nSPS) is 23.3. The molecule has 0 aliphatic carbocycles. The number of carbonyl (C=O) groups excluding carboxylic acids is 2. The van der Waals surface area contributed by atoms with Crippen LogP contribution in [0.2, 0.25) is 0 Å². The van der Waals surface area contributed by atoms with Crippen molar-refractivity contribution in [1.82, 2.24) is 9.80 Å². The van der Waals surface area contributed by atoms with E-state index in [2.05, 4.69) is 9.98 Å². The lowest BCUT2D eigenvalue weighted by Gasteiger charge is -2.23. The molecular formula is C35H44N4O6. The van der Waals surface area contributed by atoms with E-state index in [4.69, 9.17) is 18.9 Å². The molecular weight excluding hydrogens is 572 g/mol. The number of nitrogens with zero attached hydrogens (tertiary/aromatic N) is 4. The highest BCUT2D eigenvalue weighted by molar-refractivity contribution is 6.04. The van der Waals surface area contributed by atoms with Crippen LogP contribution >= 0.6 is 0 Å². The Morgan fingerprint density at radius 2 is 1.07 bits per heavy atom. The molecule has 2 aromatic carbocycles. The lowest BCUT2D eigenvalue weighted by molar-refractivity contribution is 0.0398. The van der Waals surface area contributed by atoms with Crippen LogP contribution < -0.4 is 9.47 Å². The Morgan fingerprint density at radius 1 is 0.644 bits per heavy atom. The molecule has 4 heterocycles. The fourth-order valence-corrected chi connectivity index (χ4v) is 6.80. The largest absolute Gasteiger partial charge is 0.497 e. The SMILES string of the molecule is COc1ccc2c(c1)C(=O)N1CCC(OCCCCCCCCCOC3CCN4C(=O)c5cc(OC)ccc5N=C[C@H]34)[C@H]1C=N2. The zero-order chi connectivity index (χ0) is 31.2. The Kier molecular flexibility index (Phi) is 10.1. The summed E-state index contributed by atoms with van der Waals surface area (Å²) in [7, 11) is 3.21. The van der Waals surface area contributed by atoms with E-state index >= 15 is 0 Å². The van der Waals surface area contributed by atoms with Crippen molar-refractivity contribution in [2.24, 2.45) is 9.98 Å². The number of carbonyl (C=O) groups is 2. The third-order valence-corrected chi connectivity index (χ3v) is 9.37. The molecule has 0 bridgehead atoms. The second-order valence-electron chi connectivity index (χ2n) is 12.2. The number of ether oxygens (including phenoxy) is 4. The van der Waals surface area contributed by atoms with Crippen molar-refractivity contribution in [3.8, 4) is 11.5 Å². The van der Waals surface area contributed by atoms with Crippen molar-refractivity contribution in [2.75, 3.05) is 40.5 Å². The van der Waals surface area contributed by atoms with Crippen LogP contribution in [0.25, 0.3) is 0 Å². The van der Waals surface area contributed by atoms with Gasteiger partial charge in [0.25, 0.3) is 11.8 Å². The van der Waals surface area contributed by atoms with Crippen LogP contribution in [0.4, 0.5) is 11.4 Å². The smallest absolute Gasteiger partial charge is 0.256 e. The van der Waals surface area contributed by atoms with E-state index in [1.807, 2.05) is 46.5 Å². The van der Waals surface area contributed by atoms with Gasteiger partial charge in [0.05, 0.1) is 61.0 Å². The first-order valence-electron chi connectivity index (χ1n) is 16.4. The molecule has 10 nitrogen and oxygen atoms in total. The summed E-state index contributed by atoms with van der Waals surface area (Å²) < 4.78 is 23.1. The highest BCUT2D eigenvalue weighted by Gasteiger charge is 2.40. The van der Waals surface area contributed by atoms with Crippen molar-refractivity contribution >= 4 is 35.6 Å². The third-order valence-electron chi connectivity index (χ3n) is 9.37. The number of fused-ring (bicyclic) bond motifs is 4. The van der Waals surface area contributed by atoms with E-state index in [1.54, 1.807) is 26.4 Å². The quantitative estimate of drug-likeness (QED) is 0.250.